The molecule has 0 saturated carbocycles. The van der Waals surface area contributed by atoms with Gasteiger partial charge in [0.15, 0.2) is 5.13 Å². The Hall–Kier alpha value is -4.58. The summed E-state index contributed by atoms with van der Waals surface area (Å²) in [5.41, 5.74) is 0.514. The van der Waals surface area contributed by atoms with Gasteiger partial charge in [0.25, 0.3) is 11.5 Å². The first-order valence-corrected chi connectivity index (χ1v) is 14.3. The summed E-state index contributed by atoms with van der Waals surface area (Å²) in [4.78, 5) is 56.0. The van der Waals surface area contributed by atoms with Crippen molar-refractivity contribution in [2.24, 2.45) is 5.92 Å². The highest BCUT2D eigenvalue weighted by Gasteiger charge is 2.48. The molecule has 2 heterocycles. The number of esters is 1. The number of amides is 1. The molecule has 0 unspecified atom stereocenters. The van der Waals surface area contributed by atoms with Crippen molar-refractivity contribution in [3.05, 3.63) is 85.9 Å². The molecule has 1 amide bonds. The fraction of sp³-hybridized carbons (Fsp3) is 0.333. The van der Waals surface area contributed by atoms with Crippen molar-refractivity contribution in [2.75, 3.05) is 18.1 Å². The number of aliphatic hydroxyl groups excluding tert-OH is 1. The first-order valence-electron chi connectivity index (χ1n) is 13.5. The fourth-order valence-corrected chi connectivity index (χ4v) is 5.29. The maximum atomic E-state index is 13.5. The van der Waals surface area contributed by atoms with Crippen LogP contribution in [0.1, 0.15) is 66.1 Å². The number of benzene rings is 2. The summed E-state index contributed by atoms with van der Waals surface area (Å²) < 4.78 is 11.0. The Kier molecular flexibility index (Phi) is 9.36. The number of ketones is 1. The van der Waals surface area contributed by atoms with E-state index in [9.17, 15) is 29.6 Å². The van der Waals surface area contributed by atoms with Gasteiger partial charge in [0.2, 0.25) is 0 Å². The van der Waals surface area contributed by atoms with E-state index in [1.165, 1.54) is 24.3 Å². The lowest BCUT2D eigenvalue weighted by Gasteiger charge is -2.23. The molecule has 3 aromatic rings. The second kappa shape index (κ2) is 12.9. The summed E-state index contributed by atoms with van der Waals surface area (Å²) in [5, 5.41) is 22.7. The average molecular weight is 594 g/mol. The number of rotatable bonds is 11. The number of nitro groups is 1. The van der Waals surface area contributed by atoms with Crippen LogP contribution in [-0.4, -0.2) is 45.9 Å². The smallest absolute Gasteiger partial charge is 0.350 e. The number of nitrogens with zero attached hydrogens (tertiary/aromatic N) is 3. The molecule has 0 spiro atoms. The van der Waals surface area contributed by atoms with Crippen molar-refractivity contribution in [2.45, 2.75) is 46.6 Å². The normalized spacial score (nSPS) is 16.2. The first-order chi connectivity index (χ1) is 20.0. The number of thiazole rings is 1. The molecule has 0 radical (unpaired) electrons. The summed E-state index contributed by atoms with van der Waals surface area (Å²) in [5.74, 6) is -2.26. The molecule has 0 aliphatic carbocycles. The number of aryl methyl sites for hydroxylation is 1. The van der Waals surface area contributed by atoms with Crippen molar-refractivity contribution < 1.29 is 33.9 Å². The number of ether oxygens (including phenoxy) is 2. The molecular formula is C30H31N3O8S. The lowest BCUT2D eigenvalue weighted by molar-refractivity contribution is -0.384. The molecule has 2 aromatic carbocycles. The number of hydrogen-bond donors (Lipinski definition) is 1. The lowest BCUT2D eigenvalue weighted by atomic mass is 9.95. The van der Waals surface area contributed by atoms with Gasteiger partial charge in [0.1, 0.15) is 16.4 Å². The number of aromatic nitrogens is 1. The highest BCUT2D eigenvalue weighted by atomic mass is 32.1. The third-order valence-corrected chi connectivity index (χ3v) is 7.62. The van der Waals surface area contributed by atoms with Crippen LogP contribution in [0, 0.1) is 23.0 Å². The van der Waals surface area contributed by atoms with Gasteiger partial charge >= 0.3 is 11.9 Å². The van der Waals surface area contributed by atoms with Gasteiger partial charge < -0.3 is 14.6 Å². The molecule has 1 atom stereocenters. The molecule has 1 fully saturated rings. The van der Waals surface area contributed by atoms with Gasteiger partial charge in [-0.1, -0.05) is 38.5 Å². The van der Waals surface area contributed by atoms with Crippen LogP contribution in [0.25, 0.3) is 5.76 Å². The standard InChI is InChI=1S/C30H31N3O8S/c1-5-6-15-40-22-13-9-20(10-14-22)25(34)23-24(19-7-11-21(12-8-19)33(38)39)32(28(36)26(23)35)30-31-18(4)27(42-30)29(37)41-16-17(2)3/h7-14,17,24,34H,5-6,15-16H2,1-4H3/t24-/m1/s1. The Morgan fingerprint density at radius 2 is 1.81 bits per heavy atom. The van der Waals surface area contributed by atoms with Crippen molar-refractivity contribution in [3.8, 4) is 5.75 Å². The Balaban J connectivity index is 1.79. The van der Waals surface area contributed by atoms with Crippen LogP contribution in [0.4, 0.5) is 10.8 Å². The molecule has 1 aromatic heterocycles. The number of non-ortho nitro benzene ring substituents is 1. The van der Waals surface area contributed by atoms with Gasteiger partial charge in [-0.15, -0.1) is 0 Å². The number of unbranched alkanes of at least 4 members (excludes halogenated alkanes) is 1. The van der Waals surface area contributed by atoms with E-state index in [1.54, 1.807) is 31.2 Å². The van der Waals surface area contributed by atoms with E-state index in [1.807, 2.05) is 20.8 Å². The molecule has 220 valence electrons. The zero-order valence-corrected chi connectivity index (χ0v) is 24.5. The van der Waals surface area contributed by atoms with Crippen LogP contribution in [0.15, 0.2) is 54.1 Å². The topological polar surface area (TPSA) is 149 Å². The Bertz CT molecular complexity index is 1530. The number of nitro benzene ring substituents is 1. The molecule has 42 heavy (non-hydrogen) atoms. The maximum absolute atomic E-state index is 13.5. The fourth-order valence-electron chi connectivity index (χ4n) is 4.30. The number of carbonyl (C=O) groups excluding carboxylic acids is 3. The summed E-state index contributed by atoms with van der Waals surface area (Å²) >= 11 is 0.888. The van der Waals surface area contributed by atoms with Crippen molar-refractivity contribution in [1.82, 2.24) is 4.98 Å². The van der Waals surface area contributed by atoms with Crippen LogP contribution in [0.2, 0.25) is 0 Å². The van der Waals surface area contributed by atoms with Crippen molar-refractivity contribution in [1.29, 1.82) is 0 Å². The molecule has 1 aliphatic rings. The molecule has 0 bridgehead atoms. The summed E-state index contributed by atoms with van der Waals surface area (Å²) in [6.45, 7) is 8.17. The second-order valence-corrected chi connectivity index (χ2v) is 11.1. The van der Waals surface area contributed by atoms with E-state index in [0.29, 0.717) is 23.6 Å². The summed E-state index contributed by atoms with van der Waals surface area (Å²) in [6, 6.07) is 10.6. The predicted molar refractivity (Wildman–Crippen MR) is 157 cm³/mol. The maximum Gasteiger partial charge on any atom is 0.350 e. The molecule has 12 heteroatoms. The van der Waals surface area contributed by atoms with E-state index < -0.39 is 34.4 Å². The van der Waals surface area contributed by atoms with Crippen molar-refractivity contribution in [3.63, 3.8) is 0 Å². The van der Waals surface area contributed by atoms with E-state index in [0.717, 1.165) is 29.1 Å². The lowest BCUT2D eigenvalue weighted by Crippen LogP contribution is -2.29. The Morgan fingerprint density at radius 3 is 2.40 bits per heavy atom. The number of Topliss-reactive ketones (excluding diaryl/α,β-unsaturated/α-hetero) is 1. The highest BCUT2D eigenvalue weighted by Crippen LogP contribution is 2.44. The Morgan fingerprint density at radius 1 is 1.14 bits per heavy atom. The zero-order valence-electron chi connectivity index (χ0n) is 23.7. The number of hydrogen-bond acceptors (Lipinski definition) is 10. The summed E-state index contributed by atoms with van der Waals surface area (Å²) in [6.07, 6.45) is 1.86. The minimum Gasteiger partial charge on any atom is -0.507 e. The zero-order chi connectivity index (χ0) is 30.6. The minimum atomic E-state index is -1.17. The SMILES string of the molecule is CCCCOc1ccc(C(O)=C2C(=O)C(=O)N(c3nc(C)c(C(=O)OCC(C)C)s3)[C@@H]2c2ccc([N+](=O)[O-])cc2)cc1. The predicted octanol–water partition coefficient (Wildman–Crippen LogP) is 5.98. The third kappa shape index (κ3) is 6.33. The van der Waals surface area contributed by atoms with Crippen LogP contribution in [0.3, 0.4) is 0 Å². The molecule has 1 N–H and O–H groups in total. The van der Waals surface area contributed by atoms with Gasteiger partial charge in [-0.2, -0.15) is 0 Å². The van der Waals surface area contributed by atoms with Gasteiger partial charge in [-0.25, -0.2) is 9.78 Å². The van der Waals surface area contributed by atoms with Crippen molar-refractivity contribution >= 4 is 45.6 Å². The average Bonchev–Trinajstić information content (AvgIpc) is 3.48. The van der Waals surface area contributed by atoms with Crippen LogP contribution in [0.5, 0.6) is 5.75 Å². The molecule has 11 nitrogen and oxygen atoms in total. The van der Waals surface area contributed by atoms with Crippen LogP contribution in [-0.2, 0) is 14.3 Å². The van der Waals surface area contributed by atoms with Crippen LogP contribution >= 0.6 is 11.3 Å². The van der Waals surface area contributed by atoms with Gasteiger partial charge in [-0.3, -0.25) is 24.6 Å². The van der Waals surface area contributed by atoms with Gasteiger partial charge in [0, 0.05) is 17.7 Å². The largest absolute Gasteiger partial charge is 0.507 e. The first kappa shape index (κ1) is 30.4. The monoisotopic (exact) mass is 593 g/mol. The van der Waals surface area contributed by atoms with E-state index in [2.05, 4.69) is 4.98 Å². The van der Waals surface area contributed by atoms with E-state index >= 15 is 0 Å². The highest BCUT2D eigenvalue weighted by molar-refractivity contribution is 7.17. The minimum absolute atomic E-state index is 0.0492. The second-order valence-electron chi connectivity index (χ2n) is 10.1. The molecular weight excluding hydrogens is 562 g/mol. The van der Waals surface area contributed by atoms with Gasteiger partial charge in [0.05, 0.1) is 35.4 Å². The Labute approximate surface area is 246 Å². The van der Waals surface area contributed by atoms with Gasteiger partial charge in [-0.05, 0) is 61.2 Å². The molecule has 4 rings (SSSR count). The molecule has 1 aliphatic heterocycles. The molecule has 1 saturated heterocycles. The van der Waals surface area contributed by atoms with E-state index in [-0.39, 0.29) is 39.4 Å². The quantitative estimate of drug-likeness (QED) is 0.0539. The number of aliphatic hydroxyl groups is 1. The number of anilines is 1. The number of carbonyl (C=O) groups is 3. The summed E-state index contributed by atoms with van der Waals surface area (Å²) in [7, 11) is 0. The van der Waals surface area contributed by atoms with Crippen LogP contribution < -0.4 is 9.64 Å². The third-order valence-electron chi connectivity index (χ3n) is 6.48. The van der Waals surface area contributed by atoms with E-state index in [4.69, 9.17) is 9.47 Å².